The third-order valence-corrected chi connectivity index (χ3v) is 1.56. The standard InChI is InChI=1S/C8H15/c1-7(2)3-4-8-5-6-8/h4,7-8H,3,5-6H2,1-2H3. The van der Waals surface area contributed by atoms with Crippen LogP contribution in [0.2, 0.25) is 0 Å². The summed E-state index contributed by atoms with van der Waals surface area (Å²) >= 11 is 0. The number of rotatable bonds is 3. The fourth-order valence-corrected chi connectivity index (χ4v) is 0.797. The second kappa shape index (κ2) is 2.52. The predicted molar refractivity (Wildman–Crippen MR) is 36.5 cm³/mol. The van der Waals surface area contributed by atoms with E-state index in [1.165, 1.54) is 19.3 Å². The number of hydrogen-bond acceptors (Lipinski definition) is 0. The van der Waals surface area contributed by atoms with Crippen molar-refractivity contribution >= 4 is 0 Å². The molecule has 0 aromatic rings. The maximum absolute atomic E-state index is 2.48. The van der Waals surface area contributed by atoms with Gasteiger partial charge in [0.15, 0.2) is 0 Å². The first-order valence-corrected chi connectivity index (χ1v) is 3.62. The van der Waals surface area contributed by atoms with Gasteiger partial charge in [-0.15, -0.1) is 0 Å². The van der Waals surface area contributed by atoms with Crippen LogP contribution in [0.25, 0.3) is 0 Å². The molecule has 0 saturated heterocycles. The fraction of sp³-hybridized carbons (Fsp3) is 0.875. The average Bonchev–Trinajstić information content (AvgIpc) is 2.41. The Kier molecular flexibility index (Phi) is 1.93. The molecule has 1 rings (SSSR count). The summed E-state index contributed by atoms with van der Waals surface area (Å²) in [6.07, 6.45) is 6.73. The van der Waals surface area contributed by atoms with E-state index in [2.05, 4.69) is 20.3 Å². The molecule has 0 N–H and O–H groups in total. The van der Waals surface area contributed by atoms with Gasteiger partial charge in [-0.2, -0.15) is 0 Å². The molecule has 0 aliphatic heterocycles. The van der Waals surface area contributed by atoms with Gasteiger partial charge in [-0.3, -0.25) is 0 Å². The summed E-state index contributed by atoms with van der Waals surface area (Å²) in [5.74, 6) is 1.88. The molecule has 1 aliphatic rings. The maximum Gasteiger partial charge on any atom is -0.0352 e. The molecule has 0 bridgehead atoms. The molecule has 0 nitrogen and oxygen atoms in total. The van der Waals surface area contributed by atoms with Gasteiger partial charge in [0.1, 0.15) is 0 Å². The van der Waals surface area contributed by atoms with Crippen molar-refractivity contribution in [1.82, 2.24) is 0 Å². The van der Waals surface area contributed by atoms with E-state index in [4.69, 9.17) is 0 Å². The van der Waals surface area contributed by atoms with Crippen LogP contribution in [-0.2, 0) is 0 Å². The van der Waals surface area contributed by atoms with E-state index in [1.54, 1.807) is 0 Å². The Hall–Kier alpha value is 0. The van der Waals surface area contributed by atoms with Gasteiger partial charge in [0.25, 0.3) is 0 Å². The lowest BCUT2D eigenvalue weighted by Gasteiger charge is -1.99. The average molecular weight is 111 g/mol. The topological polar surface area (TPSA) is 0 Å². The quantitative estimate of drug-likeness (QED) is 0.525. The first kappa shape index (κ1) is 6.12. The molecule has 0 aromatic carbocycles. The van der Waals surface area contributed by atoms with E-state index in [0.717, 1.165) is 11.8 Å². The van der Waals surface area contributed by atoms with Gasteiger partial charge in [-0.05, 0) is 37.5 Å². The normalized spacial score (nSPS) is 19.9. The minimum absolute atomic E-state index is 0.871. The van der Waals surface area contributed by atoms with Gasteiger partial charge in [0.05, 0.1) is 0 Å². The van der Waals surface area contributed by atoms with Crippen molar-refractivity contribution in [2.75, 3.05) is 0 Å². The monoisotopic (exact) mass is 111 g/mol. The summed E-state index contributed by atoms with van der Waals surface area (Å²) in [6, 6.07) is 0. The maximum atomic E-state index is 2.48. The van der Waals surface area contributed by atoms with Gasteiger partial charge < -0.3 is 0 Å². The van der Waals surface area contributed by atoms with Gasteiger partial charge in [0.2, 0.25) is 0 Å². The summed E-state index contributed by atoms with van der Waals surface area (Å²) in [6.45, 7) is 4.55. The largest absolute Gasteiger partial charge is 0.0628 e. The molecule has 47 valence electrons. The Labute approximate surface area is 52.3 Å². The van der Waals surface area contributed by atoms with Crippen molar-refractivity contribution in [2.24, 2.45) is 11.8 Å². The lowest BCUT2D eigenvalue weighted by molar-refractivity contribution is 0.615. The van der Waals surface area contributed by atoms with Gasteiger partial charge in [-0.25, -0.2) is 0 Å². The Balaban J connectivity index is 1.87. The van der Waals surface area contributed by atoms with Crippen LogP contribution in [0, 0.1) is 18.3 Å². The van der Waals surface area contributed by atoms with Gasteiger partial charge >= 0.3 is 0 Å². The van der Waals surface area contributed by atoms with Crippen LogP contribution in [0.15, 0.2) is 0 Å². The highest BCUT2D eigenvalue weighted by atomic mass is 14.3. The molecular weight excluding hydrogens is 96.1 g/mol. The van der Waals surface area contributed by atoms with Crippen molar-refractivity contribution in [3.05, 3.63) is 6.42 Å². The van der Waals surface area contributed by atoms with E-state index < -0.39 is 0 Å². The van der Waals surface area contributed by atoms with Crippen LogP contribution in [0.5, 0.6) is 0 Å². The second-order valence-electron chi connectivity index (χ2n) is 3.20. The van der Waals surface area contributed by atoms with Crippen molar-refractivity contribution < 1.29 is 0 Å². The third kappa shape index (κ3) is 2.34. The highest BCUT2D eigenvalue weighted by molar-refractivity contribution is 4.87. The zero-order valence-corrected chi connectivity index (χ0v) is 5.85. The molecule has 0 heterocycles. The van der Waals surface area contributed by atoms with Crippen molar-refractivity contribution in [3.63, 3.8) is 0 Å². The summed E-state index contributed by atoms with van der Waals surface area (Å²) in [7, 11) is 0. The van der Waals surface area contributed by atoms with Gasteiger partial charge in [0, 0.05) is 0 Å². The predicted octanol–water partition coefficient (Wildman–Crippen LogP) is 2.65. The SMILES string of the molecule is CC(C)C[CH]C1CC1. The Morgan fingerprint density at radius 2 is 2.12 bits per heavy atom. The van der Waals surface area contributed by atoms with E-state index in [0.29, 0.717) is 0 Å². The fourth-order valence-electron chi connectivity index (χ4n) is 0.797. The molecule has 0 atom stereocenters. The van der Waals surface area contributed by atoms with Gasteiger partial charge in [-0.1, -0.05) is 13.8 Å². The highest BCUT2D eigenvalue weighted by Crippen LogP contribution is 2.33. The van der Waals surface area contributed by atoms with Crippen LogP contribution < -0.4 is 0 Å². The van der Waals surface area contributed by atoms with Crippen LogP contribution in [0.4, 0.5) is 0 Å². The van der Waals surface area contributed by atoms with Crippen molar-refractivity contribution in [2.45, 2.75) is 33.1 Å². The van der Waals surface area contributed by atoms with Crippen LogP contribution >= 0.6 is 0 Å². The molecule has 1 radical (unpaired) electrons. The van der Waals surface area contributed by atoms with E-state index in [1.807, 2.05) is 0 Å². The summed E-state index contributed by atoms with van der Waals surface area (Å²) in [5.41, 5.74) is 0. The molecule has 0 amide bonds. The zero-order chi connectivity index (χ0) is 5.98. The Bertz CT molecular complexity index is 58.4. The molecule has 0 aromatic heterocycles. The zero-order valence-electron chi connectivity index (χ0n) is 5.85. The third-order valence-electron chi connectivity index (χ3n) is 1.56. The summed E-state index contributed by atoms with van der Waals surface area (Å²) in [4.78, 5) is 0. The van der Waals surface area contributed by atoms with E-state index in [-0.39, 0.29) is 0 Å². The molecule has 1 saturated carbocycles. The molecule has 1 fully saturated rings. The number of hydrogen-bond donors (Lipinski definition) is 0. The Morgan fingerprint density at radius 3 is 2.50 bits per heavy atom. The van der Waals surface area contributed by atoms with Crippen molar-refractivity contribution in [1.29, 1.82) is 0 Å². The lowest BCUT2D eigenvalue weighted by Crippen LogP contribution is -1.87. The molecule has 8 heavy (non-hydrogen) atoms. The molecule has 1 aliphatic carbocycles. The van der Waals surface area contributed by atoms with E-state index in [9.17, 15) is 0 Å². The Morgan fingerprint density at radius 1 is 1.50 bits per heavy atom. The molecule has 0 heteroatoms. The second-order valence-corrected chi connectivity index (χ2v) is 3.20. The minimum atomic E-state index is 0.871. The smallest absolute Gasteiger partial charge is 0.0352 e. The van der Waals surface area contributed by atoms with Crippen LogP contribution in [0.1, 0.15) is 33.1 Å². The molecule has 0 spiro atoms. The van der Waals surface area contributed by atoms with E-state index >= 15 is 0 Å². The van der Waals surface area contributed by atoms with Crippen molar-refractivity contribution in [3.8, 4) is 0 Å². The lowest BCUT2D eigenvalue weighted by atomic mass is 10.1. The first-order chi connectivity index (χ1) is 3.79. The molecule has 0 unspecified atom stereocenters. The van der Waals surface area contributed by atoms with Crippen LogP contribution in [-0.4, -0.2) is 0 Å². The highest BCUT2D eigenvalue weighted by Gasteiger charge is 2.20. The van der Waals surface area contributed by atoms with Crippen LogP contribution in [0.3, 0.4) is 0 Å². The minimum Gasteiger partial charge on any atom is -0.0628 e. The summed E-state index contributed by atoms with van der Waals surface area (Å²) < 4.78 is 0. The molecular formula is C8H15. The summed E-state index contributed by atoms with van der Waals surface area (Å²) in [5, 5.41) is 0. The first-order valence-electron chi connectivity index (χ1n) is 3.62.